The lowest BCUT2D eigenvalue weighted by atomic mass is 10.1. The zero-order chi connectivity index (χ0) is 38.1. The molecular formula is C39H39N7O7. The highest BCUT2D eigenvalue weighted by atomic mass is 17.2. The second kappa shape index (κ2) is 16.5. The first kappa shape index (κ1) is 37.4. The molecule has 0 aliphatic heterocycles. The third-order valence-electron chi connectivity index (χ3n) is 8.13. The number of hydrogen-bond donors (Lipinski definition) is 4. The first-order valence-electron chi connectivity index (χ1n) is 16.3. The van der Waals surface area contributed by atoms with E-state index in [1.54, 1.807) is 81.6 Å². The number of nitrogens with one attached hydrogen (secondary N) is 3. The van der Waals surface area contributed by atoms with Gasteiger partial charge in [0, 0.05) is 36.9 Å². The lowest BCUT2D eigenvalue weighted by Gasteiger charge is -2.33. The van der Waals surface area contributed by atoms with E-state index in [9.17, 15) is 20.1 Å². The minimum atomic E-state index is -1.31. The Morgan fingerprint density at radius 2 is 1.66 bits per heavy atom. The van der Waals surface area contributed by atoms with E-state index in [1.165, 1.54) is 25.4 Å². The van der Waals surface area contributed by atoms with Gasteiger partial charge in [-0.05, 0) is 62.4 Å². The molecule has 14 nitrogen and oxygen atoms in total. The van der Waals surface area contributed by atoms with Gasteiger partial charge in [-0.25, -0.2) is 5.26 Å². The van der Waals surface area contributed by atoms with E-state index in [4.69, 9.17) is 19.2 Å². The molecule has 0 radical (unpaired) electrons. The predicted molar refractivity (Wildman–Crippen MR) is 200 cm³/mol. The van der Waals surface area contributed by atoms with Gasteiger partial charge < -0.3 is 30.2 Å². The van der Waals surface area contributed by atoms with Gasteiger partial charge in [0.2, 0.25) is 5.91 Å². The molecular weight excluding hydrogens is 678 g/mol. The van der Waals surface area contributed by atoms with E-state index < -0.39 is 11.5 Å². The van der Waals surface area contributed by atoms with Crippen LogP contribution in [0.25, 0.3) is 16.6 Å². The van der Waals surface area contributed by atoms with E-state index >= 15 is 0 Å². The summed E-state index contributed by atoms with van der Waals surface area (Å²) in [5, 5.41) is 31.4. The van der Waals surface area contributed by atoms with Crippen molar-refractivity contribution in [3.8, 4) is 29.1 Å². The standard InChI is InChI=1S/C39H39N7O7/c1-25(26-12-8-7-9-13-26)46(53-49)45(5)32-21-31-30(20-35(32)50-6)37(27(22-40)23-42-31)44-28-16-18-29(19-17-28)51-33-14-10-11-15-34(33)52-39(2,3)38(48)43-24-36(47)41-4/h7-21,23,49H,1,24H2,2-6H3,(H,41,47)(H,42,44)(H,43,48). The molecule has 1 heterocycles. The molecule has 2 amide bonds. The van der Waals surface area contributed by atoms with Crippen molar-refractivity contribution in [1.82, 2.24) is 20.8 Å². The van der Waals surface area contributed by atoms with Gasteiger partial charge in [-0.2, -0.15) is 5.26 Å². The number of fused-ring (bicyclic) bond motifs is 1. The number of hydroxylamine groups is 1. The molecule has 0 atom stereocenters. The number of pyridine rings is 1. The maximum atomic E-state index is 12.8. The van der Waals surface area contributed by atoms with Crippen LogP contribution >= 0.6 is 0 Å². The van der Waals surface area contributed by atoms with Gasteiger partial charge in [0.15, 0.2) is 17.1 Å². The number of hydrogen-bond acceptors (Lipinski definition) is 12. The molecule has 0 aliphatic carbocycles. The van der Waals surface area contributed by atoms with Crippen molar-refractivity contribution in [2.45, 2.75) is 19.4 Å². The SMILES string of the molecule is C=C(c1ccccc1)N(OO)N(C)c1cc2ncc(C#N)c(Nc3ccc(Oc4ccccc4OC(C)(C)C(=O)NCC(=O)NC)cc3)c2cc1OC. The Bertz CT molecular complexity index is 2150. The fraction of sp³-hybridized carbons (Fsp3) is 0.179. The number of nitrogens with zero attached hydrogens (tertiary/aromatic N) is 4. The number of benzene rings is 4. The third kappa shape index (κ3) is 8.56. The largest absolute Gasteiger partial charge is 0.494 e. The Kier molecular flexibility index (Phi) is 11.6. The van der Waals surface area contributed by atoms with Crippen LogP contribution in [-0.2, 0) is 14.6 Å². The van der Waals surface area contributed by atoms with Crippen molar-refractivity contribution in [3.63, 3.8) is 0 Å². The van der Waals surface area contributed by atoms with Crippen molar-refractivity contribution in [1.29, 1.82) is 5.26 Å². The first-order valence-corrected chi connectivity index (χ1v) is 16.3. The summed E-state index contributed by atoms with van der Waals surface area (Å²) in [5.41, 5.74) is 2.24. The Labute approximate surface area is 306 Å². The van der Waals surface area contributed by atoms with Crippen molar-refractivity contribution in [3.05, 3.63) is 115 Å². The zero-order valence-electron chi connectivity index (χ0n) is 29.8. The van der Waals surface area contributed by atoms with Crippen LogP contribution < -0.4 is 35.2 Å². The van der Waals surface area contributed by atoms with E-state index in [1.807, 2.05) is 30.3 Å². The predicted octanol–water partition coefficient (Wildman–Crippen LogP) is 6.40. The number of methoxy groups -OCH3 is 1. The van der Waals surface area contributed by atoms with E-state index in [2.05, 4.69) is 33.6 Å². The molecule has 0 saturated heterocycles. The fourth-order valence-corrected chi connectivity index (χ4v) is 5.25. The summed E-state index contributed by atoms with van der Waals surface area (Å²) < 4.78 is 17.9. The van der Waals surface area contributed by atoms with Gasteiger partial charge in [0.05, 0.1) is 36.1 Å². The molecule has 4 aromatic carbocycles. The maximum Gasteiger partial charge on any atom is 0.264 e. The number of carbonyl (C=O) groups excluding carboxylic acids is 2. The van der Waals surface area contributed by atoms with Crippen LogP contribution in [0.5, 0.6) is 23.0 Å². The smallest absolute Gasteiger partial charge is 0.264 e. The minimum absolute atomic E-state index is 0.178. The van der Waals surface area contributed by atoms with Crippen molar-refractivity contribution in [2.75, 3.05) is 38.1 Å². The molecule has 5 aromatic rings. The Hall–Kier alpha value is -6.82. The summed E-state index contributed by atoms with van der Waals surface area (Å²) in [7, 11) is 4.66. The van der Waals surface area contributed by atoms with E-state index in [-0.39, 0.29) is 12.5 Å². The van der Waals surface area contributed by atoms with Gasteiger partial charge in [0.25, 0.3) is 5.91 Å². The van der Waals surface area contributed by atoms with Gasteiger partial charge >= 0.3 is 0 Å². The van der Waals surface area contributed by atoms with Crippen molar-refractivity contribution in [2.24, 2.45) is 0 Å². The number of ether oxygens (including phenoxy) is 3. The lowest BCUT2D eigenvalue weighted by molar-refractivity contribution is -0.374. The molecule has 0 aliphatic rings. The summed E-state index contributed by atoms with van der Waals surface area (Å²) >= 11 is 0. The molecule has 4 N–H and O–H groups in total. The molecule has 1 aromatic heterocycles. The molecule has 0 fully saturated rings. The number of aromatic nitrogens is 1. The Balaban J connectivity index is 1.37. The van der Waals surface area contributed by atoms with Crippen LogP contribution in [0.1, 0.15) is 25.0 Å². The number of amides is 2. The molecule has 53 heavy (non-hydrogen) atoms. The first-order chi connectivity index (χ1) is 25.5. The average molecular weight is 718 g/mol. The zero-order valence-corrected chi connectivity index (χ0v) is 29.8. The topological polar surface area (TPSA) is 171 Å². The Morgan fingerprint density at radius 3 is 2.30 bits per heavy atom. The number of para-hydroxylation sites is 2. The summed E-state index contributed by atoms with van der Waals surface area (Å²) in [5.74, 6) is 0.783. The monoisotopic (exact) mass is 717 g/mol. The molecule has 0 saturated carbocycles. The van der Waals surface area contributed by atoms with Crippen LogP contribution in [0.2, 0.25) is 0 Å². The highest BCUT2D eigenvalue weighted by Crippen LogP contribution is 2.39. The van der Waals surface area contributed by atoms with Crippen molar-refractivity contribution < 1.29 is 34.0 Å². The molecule has 0 unspecified atom stereocenters. The fourth-order valence-electron chi connectivity index (χ4n) is 5.25. The molecule has 14 heteroatoms. The van der Waals surface area contributed by atoms with E-state index in [0.29, 0.717) is 67.8 Å². The summed E-state index contributed by atoms with van der Waals surface area (Å²) in [6, 6.07) is 28.9. The number of anilines is 3. The second-order valence-electron chi connectivity index (χ2n) is 12.1. The van der Waals surface area contributed by atoms with Gasteiger partial charge in [0.1, 0.15) is 23.3 Å². The van der Waals surface area contributed by atoms with Crippen LogP contribution in [-0.4, -0.2) is 60.6 Å². The highest BCUT2D eigenvalue weighted by Gasteiger charge is 2.31. The lowest BCUT2D eigenvalue weighted by Crippen LogP contribution is -2.49. The second-order valence-corrected chi connectivity index (χ2v) is 12.1. The molecule has 0 bridgehead atoms. The average Bonchev–Trinajstić information content (AvgIpc) is 3.18. The highest BCUT2D eigenvalue weighted by molar-refractivity contribution is 5.99. The number of nitriles is 1. The molecule has 0 spiro atoms. The third-order valence-corrected chi connectivity index (χ3v) is 8.13. The number of likely N-dealkylation sites (N-methyl/N-ethyl adjacent to an activating group) is 1. The van der Waals surface area contributed by atoms with E-state index in [0.717, 1.165) is 5.17 Å². The van der Waals surface area contributed by atoms with Crippen molar-refractivity contribution >= 4 is 45.5 Å². The maximum absolute atomic E-state index is 12.8. The number of carbonyl (C=O) groups is 2. The van der Waals surface area contributed by atoms with Gasteiger partial charge in [-0.1, -0.05) is 54.0 Å². The van der Waals surface area contributed by atoms with Crippen LogP contribution in [0.4, 0.5) is 17.1 Å². The normalized spacial score (nSPS) is 10.8. The van der Waals surface area contributed by atoms with Crippen LogP contribution in [0.3, 0.4) is 0 Å². The minimum Gasteiger partial charge on any atom is -0.494 e. The van der Waals surface area contributed by atoms with Gasteiger partial charge in [-0.3, -0.25) is 19.6 Å². The molecule has 5 rings (SSSR count). The van der Waals surface area contributed by atoms with Crippen LogP contribution in [0.15, 0.2) is 104 Å². The molecule has 272 valence electrons. The summed E-state index contributed by atoms with van der Waals surface area (Å²) in [6.45, 7) is 7.08. The summed E-state index contributed by atoms with van der Waals surface area (Å²) in [6.07, 6.45) is 1.47. The number of rotatable bonds is 15. The summed E-state index contributed by atoms with van der Waals surface area (Å²) in [4.78, 5) is 33.6. The Morgan fingerprint density at radius 1 is 0.981 bits per heavy atom. The quantitative estimate of drug-likeness (QED) is 0.0695. The van der Waals surface area contributed by atoms with Crippen LogP contribution in [0, 0.1) is 11.3 Å². The number of hydrazine groups is 1. The van der Waals surface area contributed by atoms with Gasteiger partial charge in [-0.15, -0.1) is 5.17 Å².